The van der Waals surface area contributed by atoms with E-state index in [9.17, 15) is 9.18 Å². The van der Waals surface area contributed by atoms with E-state index < -0.39 is 0 Å². The van der Waals surface area contributed by atoms with Crippen LogP contribution in [0.4, 0.5) is 4.39 Å². The number of halogens is 1. The van der Waals surface area contributed by atoms with Gasteiger partial charge in [-0.3, -0.25) is 4.79 Å². The van der Waals surface area contributed by atoms with E-state index in [2.05, 4.69) is 10.5 Å². The molecule has 2 aromatic rings. The molecule has 0 fully saturated rings. The molecule has 0 bridgehead atoms. The Morgan fingerprint density at radius 3 is 2.38 bits per heavy atom. The smallest absolute Gasteiger partial charge is 0.271 e. The van der Waals surface area contributed by atoms with Gasteiger partial charge in [0.05, 0.1) is 14.2 Å². The number of hydrogen-bond donors (Lipinski definition) is 1. The molecule has 0 aliphatic carbocycles. The fraction of sp³-hybridized carbons (Fsp3) is 0.222. The van der Waals surface area contributed by atoms with E-state index in [0.29, 0.717) is 23.5 Å². The molecule has 1 amide bonds. The lowest BCUT2D eigenvalue weighted by Gasteiger charge is -2.09. The molecule has 2 aromatic carbocycles. The van der Waals surface area contributed by atoms with Crippen LogP contribution in [0.3, 0.4) is 0 Å². The van der Waals surface area contributed by atoms with Gasteiger partial charge in [-0.15, -0.1) is 0 Å². The molecule has 126 valence electrons. The van der Waals surface area contributed by atoms with Crippen molar-refractivity contribution in [1.29, 1.82) is 0 Å². The van der Waals surface area contributed by atoms with E-state index in [4.69, 9.17) is 9.47 Å². The SMILES string of the molecule is COc1ccc(C/C(C)=N\NC(=O)c2ccc(F)cc2)cc1OC. The van der Waals surface area contributed by atoms with Crippen LogP contribution in [0.1, 0.15) is 22.8 Å². The van der Waals surface area contributed by atoms with Gasteiger partial charge < -0.3 is 9.47 Å². The Hall–Kier alpha value is -2.89. The maximum absolute atomic E-state index is 12.8. The van der Waals surface area contributed by atoms with Crippen LogP contribution in [0.15, 0.2) is 47.6 Å². The molecule has 2 rings (SSSR count). The van der Waals surface area contributed by atoms with E-state index in [1.807, 2.05) is 25.1 Å². The number of nitrogens with zero attached hydrogens (tertiary/aromatic N) is 1. The fourth-order valence-electron chi connectivity index (χ4n) is 2.14. The topological polar surface area (TPSA) is 59.9 Å². The fourth-order valence-corrected chi connectivity index (χ4v) is 2.14. The zero-order valence-electron chi connectivity index (χ0n) is 13.8. The molecule has 0 aliphatic rings. The van der Waals surface area contributed by atoms with Gasteiger partial charge in [-0.1, -0.05) is 6.07 Å². The molecule has 5 nitrogen and oxygen atoms in total. The number of nitrogens with one attached hydrogen (secondary N) is 1. The first-order valence-electron chi connectivity index (χ1n) is 7.33. The van der Waals surface area contributed by atoms with Crippen molar-refractivity contribution in [3.63, 3.8) is 0 Å². The zero-order valence-corrected chi connectivity index (χ0v) is 13.8. The Morgan fingerprint density at radius 1 is 1.08 bits per heavy atom. The van der Waals surface area contributed by atoms with Crippen LogP contribution < -0.4 is 14.9 Å². The summed E-state index contributed by atoms with van der Waals surface area (Å²) in [5.41, 5.74) is 4.50. The van der Waals surface area contributed by atoms with Gasteiger partial charge >= 0.3 is 0 Å². The molecule has 1 N–H and O–H groups in total. The van der Waals surface area contributed by atoms with E-state index >= 15 is 0 Å². The standard InChI is InChI=1S/C18H19FN2O3/c1-12(10-13-4-9-16(23-2)17(11-13)24-3)20-21-18(22)14-5-7-15(19)8-6-14/h4-9,11H,10H2,1-3H3,(H,21,22)/b20-12-. The van der Waals surface area contributed by atoms with Crippen LogP contribution in [0, 0.1) is 5.82 Å². The molecule has 0 aromatic heterocycles. The third-order valence-electron chi connectivity index (χ3n) is 3.36. The minimum absolute atomic E-state index is 0.346. The zero-order chi connectivity index (χ0) is 17.5. The predicted octanol–water partition coefficient (Wildman–Crippen LogP) is 3.19. The maximum Gasteiger partial charge on any atom is 0.271 e. The predicted molar refractivity (Wildman–Crippen MR) is 90.2 cm³/mol. The molecule has 24 heavy (non-hydrogen) atoms. The first kappa shape index (κ1) is 17.5. The molecule has 0 radical (unpaired) electrons. The summed E-state index contributed by atoms with van der Waals surface area (Å²) in [4.78, 5) is 11.9. The second kappa shape index (κ2) is 8.10. The second-order valence-corrected chi connectivity index (χ2v) is 5.16. The lowest BCUT2D eigenvalue weighted by atomic mass is 10.1. The van der Waals surface area contributed by atoms with E-state index in [-0.39, 0.29) is 11.7 Å². The molecule has 0 unspecified atom stereocenters. The van der Waals surface area contributed by atoms with Crippen molar-refractivity contribution in [1.82, 2.24) is 5.43 Å². The van der Waals surface area contributed by atoms with Crippen molar-refractivity contribution in [2.24, 2.45) is 5.10 Å². The maximum atomic E-state index is 12.8. The first-order chi connectivity index (χ1) is 11.5. The van der Waals surface area contributed by atoms with Crippen LogP contribution in [0.2, 0.25) is 0 Å². The van der Waals surface area contributed by atoms with Crippen LogP contribution in [0.25, 0.3) is 0 Å². The van der Waals surface area contributed by atoms with E-state index in [0.717, 1.165) is 11.3 Å². The summed E-state index contributed by atoms with van der Waals surface area (Å²) in [5.74, 6) is 0.514. The van der Waals surface area contributed by atoms with Crippen molar-refractivity contribution in [3.8, 4) is 11.5 Å². The van der Waals surface area contributed by atoms with Crippen molar-refractivity contribution in [2.45, 2.75) is 13.3 Å². The van der Waals surface area contributed by atoms with Crippen LogP contribution >= 0.6 is 0 Å². The highest BCUT2D eigenvalue weighted by Gasteiger charge is 2.07. The normalized spacial score (nSPS) is 11.1. The summed E-state index contributed by atoms with van der Waals surface area (Å²) in [6, 6.07) is 10.9. The van der Waals surface area contributed by atoms with Crippen LogP contribution in [-0.2, 0) is 6.42 Å². The van der Waals surface area contributed by atoms with Crippen molar-refractivity contribution in [3.05, 3.63) is 59.4 Å². The summed E-state index contributed by atoms with van der Waals surface area (Å²) in [5, 5.41) is 4.07. The van der Waals surface area contributed by atoms with Gasteiger partial charge in [0.25, 0.3) is 5.91 Å². The number of carbonyl (C=O) groups excluding carboxylic acids is 1. The number of rotatable bonds is 6. The minimum Gasteiger partial charge on any atom is -0.493 e. The largest absolute Gasteiger partial charge is 0.493 e. The average molecular weight is 330 g/mol. The van der Waals surface area contributed by atoms with Gasteiger partial charge in [0.1, 0.15) is 5.82 Å². The summed E-state index contributed by atoms with van der Waals surface area (Å²) >= 11 is 0. The van der Waals surface area contributed by atoms with Gasteiger partial charge in [-0.25, -0.2) is 9.82 Å². The first-order valence-corrected chi connectivity index (χ1v) is 7.33. The highest BCUT2D eigenvalue weighted by molar-refractivity contribution is 5.95. The van der Waals surface area contributed by atoms with Gasteiger partial charge in [-0.2, -0.15) is 5.10 Å². The Balaban J connectivity index is 2.01. The number of amides is 1. The Bertz CT molecular complexity index is 742. The van der Waals surface area contributed by atoms with Gasteiger partial charge in [0.15, 0.2) is 11.5 Å². The monoisotopic (exact) mass is 330 g/mol. The van der Waals surface area contributed by atoms with Gasteiger partial charge in [0, 0.05) is 17.7 Å². The molecular weight excluding hydrogens is 311 g/mol. The molecule has 0 aliphatic heterocycles. The van der Waals surface area contributed by atoms with Gasteiger partial charge in [-0.05, 0) is 48.9 Å². The molecule has 0 heterocycles. The van der Waals surface area contributed by atoms with Crippen molar-refractivity contribution < 1.29 is 18.7 Å². The van der Waals surface area contributed by atoms with Crippen LogP contribution in [-0.4, -0.2) is 25.8 Å². The number of hydrogen-bond acceptors (Lipinski definition) is 4. The summed E-state index contributed by atoms with van der Waals surface area (Å²) < 4.78 is 23.3. The van der Waals surface area contributed by atoms with Crippen molar-refractivity contribution in [2.75, 3.05) is 14.2 Å². The Kier molecular flexibility index (Phi) is 5.89. The number of ether oxygens (including phenoxy) is 2. The minimum atomic E-state index is -0.389. The quantitative estimate of drug-likeness (QED) is 0.654. The summed E-state index contributed by atoms with van der Waals surface area (Å²) in [6.45, 7) is 1.81. The third kappa shape index (κ3) is 4.55. The second-order valence-electron chi connectivity index (χ2n) is 5.16. The average Bonchev–Trinajstić information content (AvgIpc) is 2.60. The van der Waals surface area contributed by atoms with Gasteiger partial charge in [0.2, 0.25) is 0 Å². The molecule has 0 atom stereocenters. The number of carbonyl (C=O) groups is 1. The number of benzene rings is 2. The lowest BCUT2D eigenvalue weighted by Crippen LogP contribution is -2.19. The molecule has 0 saturated heterocycles. The summed E-state index contributed by atoms with van der Waals surface area (Å²) in [7, 11) is 3.15. The van der Waals surface area contributed by atoms with E-state index in [1.165, 1.54) is 24.3 Å². The molecular formula is C18H19FN2O3. The summed E-state index contributed by atoms with van der Waals surface area (Å²) in [6.07, 6.45) is 0.546. The molecule has 0 saturated carbocycles. The lowest BCUT2D eigenvalue weighted by molar-refractivity contribution is 0.0954. The Labute approximate surface area is 140 Å². The highest BCUT2D eigenvalue weighted by Crippen LogP contribution is 2.27. The Morgan fingerprint density at radius 2 is 1.75 bits per heavy atom. The van der Waals surface area contributed by atoms with Crippen LogP contribution in [0.5, 0.6) is 11.5 Å². The molecule has 6 heteroatoms. The van der Waals surface area contributed by atoms with E-state index in [1.54, 1.807) is 14.2 Å². The van der Waals surface area contributed by atoms with Crippen molar-refractivity contribution >= 4 is 11.6 Å². The highest BCUT2D eigenvalue weighted by atomic mass is 19.1. The number of hydrazone groups is 1. The third-order valence-corrected chi connectivity index (χ3v) is 3.36. The number of methoxy groups -OCH3 is 2. The molecule has 0 spiro atoms.